The van der Waals surface area contributed by atoms with Crippen LogP contribution in [0.25, 0.3) is 0 Å². The van der Waals surface area contributed by atoms with Crippen molar-refractivity contribution in [2.24, 2.45) is 5.73 Å². The zero-order valence-corrected chi connectivity index (χ0v) is 13.2. The number of rotatable bonds is 6. The molecule has 0 heterocycles. The Balaban J connectivity index is 1.74. The molecule has 0 spiro atoms. The van der Waals surface area contributed by atoms with E-state index in [2.05, 4.69) is 58.4 Å². The molecule has 19 heavy (non-hydrogen) atoms. The van der Waals surface area contributed by atoms with Gasteiger partial charge in [-0.3, -0.25) is 0 Å². The minimum absolute atomic E-state index is 0.227. The summed E-state index contributed by atoms with van der Waals surface area (Å²) in [5.74, 6) is 1.07. The Morgan fingerprint density at radius 3 is 2.58 bits per heavy atom. The second kappa shape index (κ2) is 7.73. The van der Waals surface area contributed by atoms with Gasteiger partial charge in [0.25, 0.3) is 0 Å². The molecule has 0 fully saturated rings. The zero-order chi connectivity index (χ0) is 13.5. The van der Waals surface area contributed by atoms with Crippen molar-refractivity contribution >= 4 is 27.7 Å². The Morgan fingerprint density at radius 2 is 1.84 bits per heavy atom. The third-order valence-electron chi connectivity index (χ3n) is 2.89. The van der Waals surface area contributed by atoms with Crippen LogP contribution in [0.4, 0.5) is 0 Å². The third kappa shape index (κ3) is 5.39. The van der Waals surface area contributed by atoms with E-state index in [-0.39, 0.29) is 6.04 Å². The highest BCUT2D eigenvalue weighted by Crippen LogP contribution is 2.19. The first kappa shape index (κ1) is 14.6. The predicted octanol–water partition coefficient (Wildman–Crippen LogP) is 4.50. The number of hydrogen-bond acceptors (Lipinski definition) is 2. The van der Waals surface area contributed by atoms with Gasteiger partial charge in [-0.1, -0.05) is 46.3 Å². The number of halogens is 1. The van der Waals surface area contributed by atoms with E-state index in [1.165, 1.54) is 10.5 Å². The maximum Gasteiger partial charge on any atom is 0.0178 e. The summed E-state index contributed by atoms with van der Waals surface area (Å²) in [7, 11) is 0. The molecule has 0 saturated carbocycles. The molecular formula is C16H18BrNS. The van der Waals surface area contributed by atoms with Crippen LogP contribution in [0.2, 0.25) is 0 Å². The molecule has 100 valence electrons. The molecule has 2 aromatic rings. The van der Waals surface area contributed by atoms with Gasteiger partial charge in [0.1, 0.15) is 0 Å². The molecule has 1 atom stereocenters. The Labute approximate surface area is 127 Å². The van der Waals surface area contributed by atoms with Crippen molar-refractivity contribution in [1.82, 2.24) is 0 Å². The van der Waals surface area contributed by atoms with Crippen molar-refractivity contribution in [3.05, 3.63) is 64.6 Å². The third-order valence-corrected chi connectivity index (χ3v) is 4.43. The van der Waals surface area contributed by atoms with Gasteiger partial charge in [0, 0.05) is 15.4 Å². The van der Waals surface area contributed by atoms with Gasteiger partial charge in [0.2, 0.25) is 0 Å². The first-order valence-electron chi connectivity index (χ1n) is 6.42. The quantitative estimate of drug-likeness (QED) is 0.786. The number of thioether (sulfide) groups is 1. The van der Waals surface area contributed by atoms with E-state index in [9.17, 15) is 0 Å². The average Bonchev–Trinajstić information content (AvgIpc) is 2.40. The second-order valence-corrected chi connectivity index (χ2v) is 6.63. The van der Waals surface area contributed by atoms with Crippen molar-refractivity contribution in [1.29, 1.82) is 0 Å². The minimum Gasteiger partial charge on any atom is -0.327 e. The van der Waals surface area contributed by atoms with E-state index < -0.39 is 0 Å². The van der Waals surface area contributed by atoms with E-state index in [1.807, 2.05) is 23.9 Å². The lowest BCUT2D eigenvalue weighted by Crippen LogP contribution is -2.23. The summed E-state index contributed by atoms with van der Waals surface area (Å²) < 4.78 is 1.12. The van der Waals surface area contributed by atoms with E-state index >= 15 is 0 Å². The summed E-state index contributed by atoms with van der Waals surface area (Å²) in [5, 5.41) is 0. The van der Waals surface area contributed by atoms with E-state index in [1.54, 1.807) is 0 Å². The molecule has 1 nitrogen and oxygen atoms in total. The van der Waals surface area contributed by atoms with Gasteiger partial charge < -0.3 is 5.73 Å². The van der Waals surface area contributed by atoms with Crippen LogP contribution in [0.1, 0.15) is 12.0 Å². The van der Waals surface area contributed by atoms with Crippen LogP contribution in [0.5, 0.6) is 0 Å². The molecule has 0 aliphatic carbocycles. The summed E-state index contributed by atoms with van der Waals surface area (Å²) in [5.41, 5.74) is 7.49. The molecule has 2 rings (SSSR count). The average molecular weight is 336 g/mol. The van der Waals surface area contributed by atoms with Gasteiger partial charge in [0.05, 0.1) is 0 Å². The largest absolute Gasteiger partial charge is 0.327 e. The molecule has 0 bridgehead atoms. The lowest BCUT2D eigenvalue weighted by Gasteiger charge is -2.11. The highest BCUT2D eigenvalue weighted by Gasteiger charge is 2.05. The van der Waals surface area contributed by atoms with E-state index in [0.717, 1.165) is 23.1 Å². The molecule has 2 N–H and O–H groups in total. The van der Waals surface area contributed by atoms with Gasteiger partial charge >= 0.3 is 0 Å². The van der Waals surface area contributed by atoms with Crippen molar-refractivity contribution in [3.63, 3.8) is 0 Å². The Morgan fingerprint density at radius 1 is 1.05 bits per heavy atom. The highest BCUT2D eigenvalue weighted by atomic mass is 79.9. The first-order chi connectivity index (χ1) is 9.24. The van der Waals surface area contributed by atoms with Crippen LogP contribution in [-0.2, 0) is 6.42 Å². The Hall–Kier alpha value is -0.770. The number of hydrogen-bond donors (Lipinski definition) is 1. The minimum atomic E-state index is 0.227. The van der Waals surface area contributed by atoms with E-state index in [0.29, 0.717) is 0 Å². The summed E-state index contributed by atoms with van der Waals surface area (Å²) in [6.07, 6.45) is 1.97. The van der Waals surface area contributed by atoms with Crippen molar-refractivity contribution in [2.45, 2.75) is 23.8 Å². The summed E-state index contributed by atoms with van der Waals surface area (Å²) in [4.78, 5) is 1.32. The fourth-order valence-corrected chi connectivity index (χ4v) is 3.37. The summed E-state index contributed by atoms with van der Waals surface area (Å²) in [6, 6.07) is 19.1. The topological polar surface area (TPSA) is 26.0 Å². The van der Waals surface area contributed by atoms with Crippen LogP contribution < -0.4 is 5.73 Å². The fraction of sp³-hybridized carbons (Fsp3) is 0.250. The standard InChI is InChI=1S/C16H18BrNS/c17-14-6-4-5-13(11-14)12-15(18)9-10-19-16-7-2-1-3-8-16/h1-8,11,15H,9-10,12,18H2. The molecule has 0 saturated heterocycles. The zero-order valence-electron chi connectivity index (χ0n) is 10.8. The molecule has 0 radical (unpaired) electrons. The molecule has 2 aromatic carbocycles. The SMILES string of the molecule is NC(CCSc1ccccc1)Cc1cccc(Br)c1. The lowest BCUT2D eigenvalue weighted by molar-refractivity contribution is 0.651. The Bertz CT molecular complexity index is 501. The van der Waals surface area contributed by atoms with Crippen LogP contribution in [-0.4, -0.2) is 11.8 Å². The van der Waals surface area contributed by atoms with Crippen LogP contribution in [0.3, 0.4) is 0 Å². The van der Waals surface area contributed by atoms with E-state index in [4.69, 9.17) is 5.73 Å². The predicted molar refractivity (Wildman–Crippen MR) is 87.6 cm³/mol. The molecule has 0 aliphatic rings. The van der Waals surface area contributed by atoms with Gasteiger partial charge in [-0.05, 0) is 48.4 Å². The lowest BCUT2D eigenvalue weighted by atomic mass is 10.1. The molecular weight excluding hydrogens is 318 g/mol. The molecule has 1 unspecified atom stereocenters. The molecule has 0 aromatic heterocycles. The van der Waals surface area contributed by atoms with Gasteiger partial charge in [-0.25, -0.2) is 0 Å². The monoisotopic (exact) mass is 335 g/mol. The normalized spacial score (nSPS) is 12.3. The van der Waals surface area contributed by atoms with Crippen molar-refractivity contribution in [3.8, 4) is 0 Å². The maximum atomic E-state index is 6.19. The maximum absolute atomic E-state index is 6.19. The van der Waals surface area contributed by atoms with Gasteiger partial charge in [-0.15, -0.1) is 11.8 Å². The highest BCUT2D eigenvalue weighted by molar-refractivity contribution is 9.10. The molecule has 0 aliphatic heterocycles. The van der Waals surface area contributed by atoms with Crippen LogP contribution >= 0.6 is 27.7 Å². The smallest absolute Gasteiger partial charge is 0.0178 e. The fourth-order valence-electron chi connectivity index (χ4n) is 1.91. The van der Waals surface area contributed by atoms with Gasteiger partial charge in [0.15, 0.2) is 0 Å². The van der Waals surface area contributed by atoms with Gasteiger partial charge in [-0.2, -0.15) is 0 Å². The first-order valence-corrected chi connectivity index (χ1v) is 8.20. The van der Waals surface area contributed by atoms with Crippen LogP contribution in [0.15, 0.2) is 64.0 Å². The molecule has 0 amide bonds. The Kier molecular flexibility index (Phi) is 5.95. The number of benzene rings is 2. The number of nitrogens with two attached hydrogens (primary N) is 1. The summed E-state index contributed by atoms with van der Waals surface area (Å²) >= 11 is 5.36. The summed E-state index contributed by atoms with van der Waals surface area (Å²) in [6.45, 7) is 0. The second-order valence-electron chi connectivity index (χ2n) is 4.54. The van der Waals surface area contributed by atoms with Crippen LogP contribution in [0, 0.1) is 0 Å². The van der Waals surface area contributed by atoms with Crippen molar-refractivity contribution < 1.29 is 0 Å². The molecule has 3 heteroatoms. The van der Waals surface area contributed by atoms with Crippen molar-refractivity contribution in [2.75, 3.05) is 5.75 Å².